The fraction of sp³-hybridized carbons (Fsp3) is 0.412. The topological polar surface area (TPSA) is 134 Å². The smallest absolute Gasteiger partial charge is 0.359 e. The van der Waals surface area contributed by atoms with Crippen molar-refractivity contribution in [2.24, 2.45) is 0 Å². The van der Waals surface area contributed by atoms with Crippen molar-refractivity contribution in [3.8, 4) is 5.75 Å². The van der Waals surface area contributed by atoms with Gasteiger partial charge in [0, 0.05) is 25.5 Å². The second-order valence-corrected chi connectivity index (χ2v) is 12.1. The Balaban J connectivity index is 2.09. The lowest BCUT2D eigenvalue weighted by Crippen LogP contribution is -2.54. The van der Waals surface area contributed by atoms with Gasteiger partial charge in [0.25, 0.3) is 0 Å². The third-order valence-electron chi connectivity index (χ3n) is 7.58. The third kappa shape index (κ3) is 10.2. The maximum Gasteiger partial charge on any atom is 0.359 e. The van der Waals surface area contributed by atoms with Crippen molar-refractivity contribution in [1.82, 2.24) is 15.5 Å². The number of carbonyl (C=O) groups is 4. The van der Waals surface area contributed by atoms with Crippen molar-refractivity contribution in [2.45, 2.75) is 77.5 Å². The lowest BCUT2D eigenvalue weighted by Gasteiger charge is -2.30. The van der Waals surface area contributed by atoms with E-state index in [1.165, 1.54) is 25.1 Å². The van der Waals surface area contributed by atoms with Gasteiger partial charge < -0.3 is 30.1 Å². The molecule has 0 fully saturated rings. The Kier molecular flexibility index (Phi) is 13.2. The van der Waals surface area contributed by atoms with E-state index in [0.717, 1.165) is 5.57 Å². The first-order valence-electron chi connectivity index (χ1n) is 15.0. The number of amides is 3. The van der Waals surface area contributed by atoms with Crippen LogP contribution in [0.5, 0.6) is 5.75 Å². The van der Waals surface area contributed by atoms with E-state index >= 15 is 0 Å². The molecule has 3 rings (SSSR count). The average Bonchev–Trinajstić information content (AvgIpc) is 3.01. The molecule has 0 spiro atoms. The van der Waals surface area contributed by atoms with Gasteiger partial charge in [0.1, 0.15) is 17.8 Å². The minimum Gasteiger partial charge on any atom is -0.507 e. The van der Waals surface area contributed by atoms with E-state index in [1.807, 2.05) is 13.0 Å². The van der Waals surface area contributed by atoms with Crippen LogP contribution in [0.3, 0.4) is 0 Å². The Labute approximate surface area is 273 Å². The van der Waals surface area contributed by atoms with Crippen molar-refractivity contribution in [3.05, 3.63) is 81.5 Å². The number of rotatable bonds is 4. The van der Waals surface area contributed by atoms with Crippen LogP contribution in [0.1, 0.15) is 64.0 Å². The summed E-state index contributed by atoms with van der Waals surface area (Å²) < 4.78 is 11.9. The second-order valence-electron chi connectivity index (χ2n) is 11.2. The van der Waals surface area contributed by atoms with Crippen LogP contribution in [0, 0.1) is 0 Å². The maximum absolute atomic E-state index is 14.1. The molecule has 242 valence electrons. The summed E-state index contributed by atoms with van der Waals surface area (Å²) in [5.74, 6) is -2.09. The number of benzene rings is 2. The number of phenolic OH excluding ortho intramolecular Hbond substituents is 1. The maximum atomic E-state index is 14.1. The van der Waals surface area contributed by atoms with Crippen LogP contribution in [-0.4, -0.2) is 66.0 Å². The van der Waals surface area contributed by atoms with E-state index in [2.05, 4.69) is 32.6 Å². The number of carbonyl (C=O) groups excluding carboxylic acids is 4. The number of aromatic hydroxyl groups is 1. The van der Waals surface area contributed by atoms with Crippen molar-refractivity contribution < 1.29 is 33.8 Å². The molecule has 0 bridgehead atoms. The molecule has 3 atom stereocenters. The highest BCUT2D eigenvalue weighted by Gasteiger charge is 2.33. The molecule has 0 saturated heterocycles. The van der Waals surface area contributed by atoms with Gasteiger partial charge in [-0.15, -0.1) is 0 Å². The molecule has 0 radical (unpaired) electrons. The number of allylic oxidation sites excluding steroid dienone is 2. The molecule has 2 aromatic rings. The van der Waals surface area contributed by atoms with Gasteiger partial charge >= 0.3 is 5.97 Å². The van der Waals surface area contributed by atoms with Crippen molar-refractivity contribution in [1.29, 1.82) is 0 Å². The standard InChI is InChI=1S/C34H42BrN3O7/c1-21-11-9-10-14-29(40)36-23(3)33(42)38(4)27(20-24-17-18-28(39)26(35)19-24)32(41)37-30(34(43)45-22(2)16-15-21)31(44-5)25-12-7-6-8-13-25/h6-8,11-13,17-19,22-23,27,39H,9-10,14-16,20H2,1-5H3,(H,36,40)(H,37,41)/b21-11?,31-30+. The number of nitrogens with zero attached hydrogens (tertiary/aromatic N) is 1. The summed E-state index contributed by atoms with van der Waals surface area (Å²) in [6.45, 7) is 5.34. The molecule has 0 aliphatic carbocycles. The summed E-state index contributed by atoms with van der Waals surface area (Å²) in [5.41, 5.74) is 2.08. The van der Waals surface area contributed by atoms with Gasteiger partial charge in [0.05, 0.1) is 17.7 Å². The van der Waals surface area contributed by atoms with Crippen molar-refractivity contribution in [2.75, 3.05) is 14.2 Å². The SMILES string of the molecule is CO/C(=C1/NC(=O)C(Cc2ccc(O)c(Br)c2)N(C)C(=O)C(C)NC(=O)CCCC=C(C)CCC(C)OC1=O)c1ccccc1. The molecule has 1 aliphatic heterocycles. The molecule has 3 amide bonds. The molecule has 0 aromatic heterocycles. The molecule has 0 saturated carbocycles. The van der Waals surface area contributed by atoms with Crippen LogP contribution in [0.4, 0.5) is 0 Å². The fourth-order valence-electron chi connectivity index (χ4n) is 4.95. The summed E-state index contributed by atoms with van der Waals surface area (Å²) in [7, 11) is 2.87. The van der Waals surface area contributed by atoms with Gasteiger partial charge in [-0.05, 0) is 80.1 Å². The quantitative estimate of drug-likeness (QED) is 0.179. The van der Waals surface area contributed by atoms with E-state index in [1.54, 1.807) is 50.2 Å². The monoisotopic (exact) mass is 683 g/mol. The highest BCUT2D eigenvalue weighted by molar-refractivity contribution is 9.10. The van der Waals surface area contributed by atoms with Gasteiger partial charge in [-0.3, -0.25) is 14.4 Å². The van der Waals surface area contributed by atoms with E-state index in [9.17, 15) is 24.3 Å². The van der Waals surface area contributed by atoms with Crippen LogP contribution < -0.4 is 10.6 Å². The van der Waals surface area contributed by atoms with Crippen molar-refractivity contribution >= 4 is 45.4 Å². The number of methoxy groups -OCH3 is 1. The first-order valence-corrected chi connectivity index (χ1v) is 15.7. The van der Waals surface area contributed by atoms with Crippen LogP contribution in [0.15, 0.2) is 70.3 Å². The Morgan fingerprint density at radius 3 is 2.47 bits per heavy atom. The summed E-state index contributed by atoms with van der Waals surface area (Å²) in [5, 5.41) is 15.5. The number of cyclic esters (lactones) is 1. The molecule has 10 nitrogen and oxygen atoms in total. The highest BCUT2D eigenvalue weighted by atomic mass is 79.9. The number of phenols is 1. The van der Waals surface area contributed by atoms with E-state index in [-0.39, 0.29) is 36.0 Å². The minimum atomic E-state index is -1.13. The Bertz CT molecular complexity index is 1440. The predicted octanol–water partition coefficient (Wildman–Crippen LogP) is 5.00. The summed E-state index contributed by atoms with van der Waals surface area (Å²) in [6, 6.07) is 11.6. The average molecular weight is 685 g/mol. The molecule has 2 aromatic carbocycles. The third-order valence-corrected chi connectivity index (χ3v) is 8.22. The molecule has 1 aliphatic rings. The van der Waals surface area contributed by atoms with Gasteiger partial charge in [0.15, 0.2) is 11.5 Å². The second kappa shape index (κ2) is 16.8. The molecular weight excluding hydrogens is 642 g/mol. The molecule has 45 heavy (non-hydrogen) atoms. The molecule has 1 heterocycles. The summed E-state index contributed by atoms with van der Waals surface area (Å²) >= 11 is 3.30. The number of ether oxygens (including phenoxy) is 2. The summed E-state index contributed by atoms with van der Waals surface area (Å²) in [6.07, 6.45) is 4.40. The van der Waals surface area contributed by atoms with Crippen LogP contribution in [0.2, 0.25) is 0 Å². The zero-order valence-electron chi connectivity index (χ0n) is 26.4. The highest BCUT2D eigenvalue weighted by Crippen LogP contribution is 2.26. The Hall–Kier alpha value is -4.12. The van der Waals surface area contributed by atoms with Gasteiger partial charge in [-0.25, -0.2) is 4.79 Å². The van der Waals surface area contributed by atoms with Crippen LogP contribution in [-0.2, 0) is 35.1 Å². The lowest BCUT2D eigenvalue weighted by molar-refractivity contribution is -0.146. The van der Waals surface area contributed by atoms with E-state index < -0.39 is 36.0 Å². The number of halogens is 1. The first kappa shape index (κ1) is 35.4. The number of likely N-dealkylation sites (N-methyl/N-ethyl adjacent to an activating group) is 1. The summed E-state index contributed by atoms with van der Waals surface area (Å²) in [4.78, 5) is 55.3. The first-order chi connectivity index (χ1) is 21.4. The largest absolute Gasteiger partial charge is 0.507 e. The van der Waals surface area contributed by atoms with Gasteiger partial charge in [-0.1, -0.05) is 48.0 Å². The predicted molar refractivity (Wildman–Crippen MR) is 175 cm³/mol. The van der Waals surface area contributed by atoms with E-state index in [4.69, 9.17) is 9.47 Å². The number of nitrogens with one attached hydrogen (secondary N) is 2. The minimum absolute atomic E-state index is 0.0181. The lowest BCUT2D eigenvalue weighted by atomic mass is 10.0. The zero-order chi connectivity index (χ0) is 33.1. The van der Waals surface area contributed by atoms with Gasteiger partial charge in [0.2, 0.25) is 17.7 Å². The van der Waals surface area contributed by atoms with Gasteiger partial charge in [-0.2, -0.15) is 0 Å². The number of esters is 1. The zero-order valence-corrected chi connectivity index (χ0v) is 28.0. The van der Waals surface area contributed by atoms with E-state index in [0.29, 0.717) is 41.3 Å². The van der Waals surface area contributed by atoms with Crippen LogP contribution in [0.25, 0.3) is 5.76 Å². The number of hydrogen-bond donors (Lipinski definition) is 3. The molecular formula is C34H42BrN3O7. The fourth-order valence-corrected chi connectivity index (χ4v) is 5.37. The number of hydrogen-bond acceptors (Lipinski definition) is 7. The Morgan fingerprint density at radius 1 is 1.09 bits per heavy atom. The molecule has 3 unspecified atom stereocenters. The Morgan fingerprint density at radius 2 is 1.80 bits per heavy atom. The molecule has 11 heteroatoms. The molecule has 3 N–H and O–H groups in total. The van der Waals surface area contributed by atoms with Crippen molar-refractivity contribution in [3.63, 3.8) is 0 Å². The normalized spacial score (nSPS) is 22.6. The van der Waals surface area contributed by atoms with Crippen LogP contribution >= 0.6 is 15.9 Å².